The van der Waals surface area contributed by atoms with Crippen molar-refractivity contribution in [1.29, 1.82) is 0 Å². The molecular weight excluding hydrogens is 391 g/mol. The van der Waals surface area contributed by atoms with Crippen LogP contribution >= 0.6 is 11.6 Å². The summed E-state index contributed by atoms with van der Waals surface area (Å²) >= 11 is 5.98. The van der Waals surface area contributed by atoms with Gasteiger partial charge in [-0.2, -0.15) is 0 Å². The SMILES string of the molecule is O=C(Nc1cccc(F)c1)c1cccc(S(=O)(=O)Nc2ccccc2Cl)c1. The minimum Gasteiger partial charge on any atom is -0.322 e. The van der Waals surface area contributed by atoms with E-state index in [1.807, 2.05) is 0 Å². The maximum absolute atomic E-state index is 13.2. The topological polar surface area (TPSA) is 75.3 Å². The Morgan fingerprint density at radius 1 is 0.926 bits per heavy atom. The molecule has 0 atom stereocenters. The summed E-state index contributed by atoms with van der Waals surface area (Å²) < 4.78 is 40.8. The Bertz CT molecular complexity index is 1100. The summed E-state index contributed by atoms with van der Waals surface area (Å²) in [6, 6.07) is 17.3. The van der Waals surface area contributed by atoms with Gasteiger partial charge in [0.25, 0.3) is 15.9 Å². The van der Waals surface area contributed by atoms with Gasteiger partial charge in [0.1, 0.15) is 5.82 Å². The summed E-state index contributed by atoms with van der Waals surface area (Å²) in [6.07, 6.45) is 0. The summed E-state index contributed by atoms with van der Waals surface area (Å²) in [5.41, 5.74) is 0.609. The Balaban J connectivity index is 1.84. The highest BCUT2D eigenvalue weighted by Gasteiger charge is 2.17. The second-order valence-electron chi connectivity index (χ2n) is 5.58. The Kier molecular flexibility index (Phi) is 5.43. The largest absolute Gasteiger partial charge is 0.322 e. The maximum atomic E-state index is 13.2. The molecule has 5 nitrogen and oxygen atoms in total. The number of sulfonamides is 1. The van der Waals surface area contributed by atoms with Crippen molar-refractivity contribution in [2.75, 3.05) is 10.0 Å². The van der Waals surface area contributed by atoms with Crippen LogP contribution in [0, 0.1) is 5.82 Å². The fourth-order valence-electron chi connectivity index (χ4n) is 2.32. The van der Waals surface area contributed by atoms with E-state index >= 15 is 0 Å². The second-order valence-corrected chi connectivity index (χ2v) is 7.67. The average Bonchev–Trinajstić information content (AvgIpc) is 2.64. The average molecular weight is 405 g/mol. The highest BCUT2D eigenvalue weighted by molar-refractivity contribution is 7.92. The van der Waals surface area contributed by atoms with Crippen LogP contribution in [-0.4, -0.2) is 14.3 Å². The van der Waals surface area contributed by atoms with Crippen molar-refractivity contribution in [2.24, 2.45) is 0 Å². The molecule has 0 bridgehead atoms. The van der Waals surface area contributed by atoms with Crippen molar-refractivity contribution in [2.45, 2.75) is 4.90 Å². The standard InChI is InChI=1S/C19H14ClFN2O3S/c20-17-9-1-2-10-18(17)23-27(25,26)16-8-3-5-13(11-16)19(24)22-15-7-4-6-14(21)12-15/h1-12,23H,(H,22,24). The van der Waals surface area contributed by atoms with Crippen LogP contribution < -0.4 is 10.0 Å². The summed E-state index contributed by atoms with van der Waals surface area (Å²) in [5, 5.41) is 2.77. The van der Waals surface area contributed by atoms with Crippen LogP contribution in [0.2, 0.25) is 5.02 Å². The molecule has 0 saturated heterocycles. The van der Waals surface area contributed by atoms with Gasteiger partial charge in [-0.05, 0) is 48.5 Å². The van der Waals surface area contributed by atoms with E-state index in [1.54, 1.807) is 18.2 Å². The van der Waals surface area contributed by atoms with Gasteiger partial charge in [-0.1, -0.05) is 35.9 Å². The van der Waals surface area contributed by atoms with Crippen molar-refractivity contribution < 1.29 is 17.6 Å². The first-order valence-corrected chi connectivity index (χ1v) is 9.65. The van der Waals surface area contributed by atoms with Crippen LogP contribution in [0.3, 0.4) is 0 Å². The molecule has 0 heterocycles. The van der Waals surface area contributed by atoms with Gasteiger partial charge in [0, 0.05) is 11.3 Å². The number of hydrogen-bond donors (Lipinski definition) is 2. The molecule has 0 aliphatic heterocycles. The fourth-order valence-corrected chi connectivity index (χ4v) is 3.69. The minimum atomic E-state index is -3.95. The van der Waals surface area contributed by atoms with Crippen LogP contribution in [0.5, 0.6) is 0 Å². The summed E-state index contributed by atoms with van der Waals surface area (Å²) in [4.78, 5) is 12.2. The van der Waals surface area contributed by atoms with Gasteiger partial charge in [0.15, 0.2) is 0 Å². The molecule has 1 amide bonds. The third kappa shape index (κ3) is 4.64. The van der Waals surface area contributed by atoms with Gasteiger partial charge in [0.05, 0.1) is 15.6 Å². The Morgan fingerprint density at radius 3 is 2.41 bits per heavy atom. The molecule has 0 saturated carbocycles. The summed E-state index contributed by atoms with van der Waals surface area (Å²) in [6.45, 7) is 0. The molecule has 138 valence electrons. The van der Waals surface area contributed by atoms with Gasteiger partial charge in [-0.15, -0.1) is 0 Å². The molecule has 0 spiro atoms. The van der Waals surface area contributed by atoms with Crippen molar-refractivity contribution in [3.63, 3.8) is 0 Å². The molecule has 3 aromatic carbocycles. The number of anilines is 2. The van der Waals surface area contributed by atoms with Crippen LogP contribution in [0.25, 0.3) is 0 Å². The van der Waals surface area contributed by atoms with E-state index in [-0.39, 0.29) is 26.9 Å². The number of rotatable bonds is 5. The van der Waals surface area contributed by atoms with Gasteiger partial charge < -0.3 is 5.32 Å². The van der Waals surface area contributed by atoms with Crippen LogP contribution in [-0.2, 0) is 10.0 Å². The number of halogens is 2. The number of carbonyl (C=O) groups is 1. The van der Waals surface area contributed by atoms with Gasteiger partial charge in [-0.25, -0.2) is 12.8 Å². The highest BCUT2D eigenvalue weighted by Crippen LogP contribution is 2.24. The van der Waals surface area contributed by atoms with E-state index in [0.717, 1.165) is 6.07 Å². The second kappa shape index (κ2) is 7.77. The summed E-state index contributed by atoms with van der Waals surface area (Å²) in [5.74, 6) is -1.05. The van der Waals surface area contributed by atoms with E-state index < -0.39 is 21.7 Å². The molecule has 8 heteroatoms. The van der Waals surface area contributed by atoms with Crippen LogP contribution in [0.15, 0.2) is 77.7 Å². The molecule has 0 aliphatic rings. The quantitative estimate of drug-likeness (QED) is 0.655. The molecule has 3 rings (SSSR count). The zero-order valence-electron chi connectivity index (χ0n) is 13.8. The van der Waals surface area contributed by atoms with Crippen molar-refractivity contribution >= 4 is 38.9 Å². The lowest BCUT2D eigenvalue weighted by molar-refractivity contribution is 0.102. The fraction of sp³-hybridized carbons (Fsp3) is 0. The first-order valence-electron chi connectivity index (χ1n) is 7.79. The monoisotopic (exact) mass is 404 g/mol. The van der Waals surface area contributed by atoms with E-state index in [2.05, 4.69) is 10.0 Å². The molecule has 27 heavy (non-hydrogen) atoms. The van der Waals surface area contributed by atoms with Crippen molar-refractivity contribution in [3.05, 3.63) is 89.2 Å². The van der Waals surface area contributed by atoms with Crippen LogP contribution in [0.1, 0.15) is 10.4 Å². The number of hydrogen-bond acceptors (Lipinski definition) is 3. The first-order chi connectivity index (χ1) is 12.8. The molecular formula is C19H14ClFN2O3S. The lowest BCUT2D eigenvalue weighted by Crippen LogP contribution is -2.16. The number of amides is 1. The first kappa shape index (κ1) is 18.9. The lowest BCUT2D eigenvalue weighted by Gasteiger charge is -2.11. The van der Waals surface area contributed by atoms with Crippen molar-refractivity contribution in [3.8, 4) is 0 Å². The minimum absolute atomic E-state index is 0.102. The molecule has 0 radical (unpaired) electrons. The lowest BCUT2D eigenvalue weighted by atomic mass is 10.2. The summed E-state index contributed by atoms with van der Waals surface area (Å²) in [7, 11) is -3.95. The number of carbonyl (C=O) groups excluding carboxylic acids is 1. The normalized spacial score (nSPS) is 11.0. The number of nitrogens with one attached hydrogen (secondary N) is 2. The van der Waals surface area contributed by atoms with Crippen molar-refractivity contribution in [1.82, 2.24) is 0 Å². The van der Waals surface area contributed by atoms with E-state index in [0.29, 0.717) is 0 Å². The Morgan fingerprint density at radius 2 is 1.67 bits per heavy atom. The van der Waals surface area contributed by atoms with E-state index in [1.165, 1.54) is 48.5 Å². The molecule has 2 N–H and O–H groups in total. The van der Waals surface area contributed by atoms with Gasteiger partial charge in [-0.3, -0.25) is 9.52 Å². The molecule has 0 aliphatic carbocycles. The third-order valence-corrected chi connectivity index (χ3v) is 5.30. The Hall–Kier alpha value is -2.90. The van der Waals surface area contributed by atoms with Gasteiger partial charge in [0.2, 0.25) is 0 Å². The molecule has 0 fully saturated rings. The predicted molar refractivity (Wildman–Crippen MR) is 103 cm³/mol. The predicted octanol–water partition coefficient (Wildman–Crippen LogP) is 4.53. The highest BCUT2D eigenvalue weighted by atomic mass is 35.5. The van der Waals surface area contributed by atoms with Crippen LogP contribution in [0.4, 0.5) is 15.8 Å². The van der Waals surface area contributed by atoms with E-state index in [9.17, 15) is 17.6 Å². The Labute approximate surface area is 160 Å². The van der Waals surface area contributed by atoms with E-state index in [4.69, 9.17) is 11.6 Å². The molecule has 0 unspecified atom stereocenters. The molecule has 0 aromatic heterocycles. The maximum Gasteiger partial charge on any atom is 0.261 e. The smallest absolute Gasteiger partial charge is 0.261 e. The zero-order valence-corrected chi connectivity index (χ0v) is 15.4. The van der Waals surface area contributed by atoms with Gasteiger partial charge >= 0.3 is 0 Å². The zero-order chi connectivity index (χ0) is 19.4. The number of benzene rings is 3. The molecule has 3 aromatic rings. The number of para-hydroxylation sites is 1. The third-order valence-electron chi connectivity index (χ3n) is 3.61.